The molecule has 1 aliphatic rings. The minimum absolute atomic E-state index is 0.00306. The van der Waals surface area contributed by atoms with Crippen molar-refractivity contribution in [1.29, 1.82) is 5.41 Å². The van der Waals surface area contributed by atoms with Gasteiger partial charge in [-0.05, 0) is 12.1 Å². The summed E-state index contributed by atoms with van der Waals surface area (Å²) in [4.78, 5) is 0. The van der Waals surface area contributed by atoms with Crippen molar-refractivity contribution in [2.24, 2.45) is 5.92 Å². The third-order valence-corrected chi connectivity index (χ3v) is 2.28. The summed E-state index contributed by atoms with van der Waals surface area (Å²) >= 11 is 0. The Bertz CT molecular complexity index is 406. The van der Waals surface area contributed by atoms with Crippen LogP contribution in [-0.4, -0.2) is 10.8 Å². The predicted molar refractivity (Wildman–Crippen MR) is 56.7 cm³/mol. The maximum Gasteiger partial charge on any atom is 0.124 e. The van der Waals surface area contributed by atoms with E-state index in [-0.39, 0.29) is 11.7 Å². The normalized spacial score (nSPS) is 14.9. The highest BCUT2D eigenvalue weighted by atomic mass is 16.3. The Morgan fingerprint density at radius 3 is 2.43 bits per heavy atom. The van der Waals surface area contributed by atoms with Crippen molar-refractivity contribution in [3.63, 3.8) is 0 Å². The lowest BCUT2D eigenvalue weighted by Gasteiger charge is -2.09. The molecule has 14 heavy (non-hydrogen) atoms. The molecule has 0 saturated carbocycles. The van der Waals surface area contributed by atoms with E-state index in [0.29, 0.717) is 11.3 Å². The lowest BCUT2D eigenvalue weighted by molar-refractivity contribution is 0.474. The molecule has 0 aromatic heterocycles. The van der Waals surface area contributed by atoms with E-state index in [1.54, 1.807) is 18.2 Å². The zero-order chi connectivity index (χ0) is 9.97. The van der Waals surface area contributed by atoms with Crippen LogP contribution in [0.3, 0.4) is 0 Å². The first-order valence-corrected chi connectivity index (χ1v) is 4.51. The zero-order valence-electron chi connectivity index (χ0n) is 7.64. The van der Waals surface area contributed by atoms with Gasteiger partial charge in [0.1, 0.15) is 5.75 Å². The predicted octanol–water partition coefficient (Wildman–Crippen LogP) is 2.50. The van der Waals surface area contributed by atoms with Crippen LogP contribution in [0.1, 0.15) is 5.56 Å². The van der Waals surface area contributed by atoms with Gasteiger partial charge in [-0.25, -0.2) is 0 Å². The summed E-state index contributed by atoms with van der Waals surface area (Å²) in [5, 5.41) is 17.5. The van der Waals surface area contributed by atoms with Gasteiger partial charge in [0.15, 0.2) is 0 Å². The third kappa shape index (κ3) is 1.46. The fraction of sp³-hybridized carbons (Fsp3) is 0.0833. The summed E-state index contributed by atoms with van der Waals surface area (Å²) in [5.41, 5.74) is 1.04. The van der Waals surface area contributed by atoms with Crippen LogP contribution >= 0.6 is 0 Å². The first-order valence-electron chi connectivity index (χ1n) is 4.51. The van der Waals surface area contributed by atoms with Gasteiger partial charge in [0.05, 0.1) is 5.71 Å². The van der Waals surface area contributed by atoms with E-state index in [4.69, 9.17) is 5.41 Å². The highest BCUT2D eigenvalue weighted by Crippen LogP contribution is 2.22. The fourth-order valence-corrected chi connectivity index (χ4v) is 1.51. The summed E-state index contributed by atoms with van der Waals surface area (Å²) in [6.07, 6.45) is 7.71. The summed E-state index contributed by atoms with van der Waals surface area (Å²) in [6.45, 7) is 0. The van der Waals surface area contributed by atoms with Gasteiger partial charge >= 0.3 is 0 Å². The summed E-state index contributed by atoms with van der Waals surface area (Å²) in [7, 11) is 0. The number of phenols is 1. The molecule has 2 rings (SSSR count). The Morgan fingerprint density at radius 1 is 1.14 bits per heavy atom. The molecular formula is C12H11NO. The van der Waals surface area contributed by atoms with Gasteiger partial charge in [-0.1, -0.05) is 36.4 Å². The van der Waals surface area contributed by atoms with Gasteiger partial charge in [-0.15, -0.1) is 0 Å². The zero-order valence-corrected chi connectivity index (χ0v) is 7.64. The topological polar surface area (TPSA) is 44.1 Å². The molecule has 2 N–H and O–H groups in total. The van der Waals surface area contributed by atoms with Crippen molar-refractivity contribution in [3.8, 4) is 5.75 Å². The van der Waals surface area contributed by atoms with Gasteiger partial charge < -0.3 is 10.5 Å². The number of rotatable bonds is 2. The molecule has 2 heteroatoms. The van der Waals surface area contributed by atoms with Crippen molar-refractivity contribution in [3.05, 3.63) is 54.1 Å². The first-order chi connectivity index (χ1) is 6.79. The second-order valence-electron chi connectivity index (χ2n) is 3.23. The van der Waals surface area contributed by atoms with Gasteiger partial charge in [-0.2, -0.15) is 0 Å². The van der Waals surface area contributed by atoms with E-state index in [2.05, 4.69) is 0 Å². The number of hydrogen-bond acceptors (Lipinski definition) is 2. The molecule has 0 spiro atoms. The summed E-state index contributed by atoms with van der Waals surface area (Å²) < 4.78 is 0. The Kier molecular flexibility index (Phi) is 2.19. The number of allylic oxidation sites excluding steroid dienone is 4. The molecule has 70 valence electrons. The molecule has 0 aliphatic heterocycles. The molecule has 0 bridgehead atoms. The second kappa shape index (κ2) is 3.50. The van der Waals surface area contributed by atoms with Crippen LogP contribution in [0.4, 0.5) is 0 Å². The molecule has 2 nitrogen and oxygen atoms in total. The molecule has 0 amide bonds. The molecule has 1 aliphatic carbocycles. The smallest absolute Gasteiger partial charge is 0.124 e. The Balaban J connectivity index is 2.31. The standard InChI is InChI=1S/C12H11NO/c13-12(9-5-1-2-6-9)10-7-3-4-8-11(10)14/h1-9,13-14H. The highest BCUT2D eigenvalue weighted by molar-refractivity contribution is 6.04. The van der Waals surface area contributed by atoms with Gasteiger partial charge in [0, 0.05) is 11.5 Å². The van der Waals surface area contributed by atoms with E-state index in [1.807, 2.05) is 30.4 Å². The number of benzene rings is 1. The maximum absolute atomic E-state index is 9.55. The Morgan fingerprint density at radius 2 is 1.79 bits per heavy atom. The number of para-hydroxylation sites is 1. The van der Waals surface area contributed by atoms with E-state index in [1.165, 1.54) is 0 Å². The van der Waals surface area contributed by atoms with Crippen LogP contribution in [0.5, 0.6) is 5.75 Å². The van der Waals surface area contributed by atoms with Crippen molar-refractivity contribution in [1.82, 2.24) is 0 Å². The number of aromatic hydroxyl groups is 1. The van der Waals surface area contributed by atoms with Gasteiger partial charge in [0.25, 0.3) is 0 Å². The molecule has 0 atom stereocenters. The monoisotopic (exact) mass is 185 g/mol. The van der Waals surface area contributed by atoms with E-state index < -0.39 is 0 Å². The molecule has 1 aromatic carbocycles. The minimum atomic E-state index is 0.00306. The van der Waals surface area contributed by atoms with Crippen molar-refractivity contribution in [2.45, 2.75) is 0 Å². The van der Waals surface area contributed by atoms with Crippen LogP contribution in [0.25, 0.3) is 0 Å². The molecule has 0 unspecified atom stereocenters. The lowest BCUT2D eigenvalue weighted by atomic mass is 9.97. The van der Waals surface area contributed by atoms with E-state index >= 15 is 0 Å². The minimum Gasteiger partial charge on any atom is -0.507 e. The number of hydrogen-bond donors (Lipinski definition) is 2. The summed E-state index contributed by atoms with van der Waals surface area (Å²) in [5.74, 6) is 0.175. The van der Waals surface area contributed by atoms with Crippen LogP contribution in [0, 0.1) is 11.3 Å². The van der Waals surface area contributed by atoms with Gasteiger partial charge in [-0.3, -0.25) is 0 Å². The maximum atomic E-state index is 9.55. The van der Waals surface area contributed by atoms with Crippen molar-refractivity contribution >= 4 is 5.71 Å². The SMILES string of the molecule is N=C(c1ccccc1O)C1C=CC=C1. The van der Waals surface area contributed by atoms with Crippen molar-refractivity contribution in [2.75, 3.05) is 0 Å². The van der Waals surface area contributed by atoms with Crippen LogP contribution in [-0.2, 0) is 0 Å². The first kappa shape index (κ1) is 8.75. The Hall–Kier alpha value is -1.83. The van der Waals surface area contributed by atoms with Crippen LogP contribution in [0.2, 0.25) is 0 Å². The third-order valence-electron chi connectivity index (χ3n) is 2.28. The average Bonchev–Trinajstić information content (AvgIpc) is 2.70. The average molecular weight is 185 g/mol. The molecule has 0 heterocycles. The van der Waals surface area contributed by atoms with Crippen molar-refractivity contribution < 1.29 is 5.11 Å². The molecule has 0 radical (unpaired) electrons. The van der Waals surface area contributed by atoms with Crippen LogP contribution < -0.4 is 0 Å². The number of phenolic OH excluding ortho intramolecular Hbond substituents is 1. The quantitative estimate of drug-likeness (QED) is 0.683. The summed E-state index contributed by atoms with van der Waals surface area (Å²) in [6, 6.07) is 6.95. The molecule has 0 saturated heterocycles. The number of nitrogens with one attached hydrogen (secondary N) is 1. The molecular weight excluding hydrogens is 174 g/mol. The highest BCUT2D eigenvalue weighted by Gasteiger charge is 2.14. The van der Waals surface area contributed by atoms with Gasteiger partial charge in [0.2, 0.25) is 0 Å². The van der Waals surface area contributed by atoms with Crippen LogP contribution in [0.15, 0.2) is 48.6 Å². The Labute approximate surface area is 82.7 Å². The second-order valence-corrected chi connectivity index (χ2v) is 3.23. The fourth-order valence-electron chi connectivity index (χ4n) is 1.51. The van der Waals surface area contributed by atoms with E-state index in [9.17, 15) is 5.11 Å². The molecule has 1 aromatic rings. The lowest BCUT2D eigenvalue weighted by Crippen LogP contribution is -2.08. The largest absolute Gasteiger partial charge is 0.507 e. The molecule has 0 fully saturated rings. The van der Waals surface area contributed by atoms with E-state index in [0.717, 1.165) is 0 Å².